The Bertz CT molecular complexity index is 780. The van der Waals surface area contributed by atoms with E-state index in [-0.39, 0.29) is 34.4 Å². The van der Waals surface area contributed by atoms with Crippen molar-refractivity contribution in [2.24, 2.45) is 17.8 Å². The van der Waals surface area contributed by atoms with Crippen LogP contribution < -0.4 is 0 Å². The largest absolute Gasteiger partial charge is 0.481 e. The third-order valence-corrected chi connectivity index (χ3v) is 10.5. The number of aliphatic hydroxyl groups excluding tert-OH is 1. The number of hydrogen-bond acceptors (Lipinski definition) is 5. The van der Waals surface area contributed by atoms with Crippen molar-refractivity contribution < 1.29 is 24.6 Å². The van der Waals surface area contributed by atoms with Crippen molar-refractivity contribution in [2.75, 3.05) is 19.7 Å². The third-order valence-electron chi connectivity index (χ3n) is 7.29. The molecular formula is C24H37BrN2O5S. The monoisotopic (exact) mass is 544 g/mol. The molecule has 3 aliphatic heterocycles. The first kappa shape index (κ1) is 26.5. The highest BCUT2D eigenvalue weighted by atomic mass is 79.9. The number of amides is 2. The quantitative estimate of drug-likeness (QED) is 0.222. The third kappa shape index (κ3) is 4.61. The van der Waals surface area contributed by atoms with E-state index in [0.717, 1.165) is 19.3 Å². The summed E-state index contributed by atoms with van der Waals surface area (Å²) in [6, 6.07) is -1.30. The Morgan fingerprint density at radius 1 is 1.39 bits per heavy atom. The Hall–Kier alpha value is -1.06. The number of halogens is 1. The standard InChI is InChI=1S/C24H37BrN2O5S/c1-5-7-8-10-26(9-6-2)22(30)20-24-12-16(25)19(33-24)17(23(31)32)18(24)21(29)27(20)15(13-28)11-14(3)4/h6,14-20,28H,2,5,7-13H2,1,3-4H3,(H,31,32)/t15-,16?,17+,18+,19+,20?,24?/m1/s1. The summed E-state index contributed by atoms with van der Waals surface area (Å²) < 4.78 is -0.801. The highest BCUT2D eigenvalue weighted by molar-refractivity contribution is 9.09. The van der Waals surface area contributed by atoms with E-state index in [9.17, 15) is 24.6 Å². The predicted molar refractivity (Wildman–Crippen MR) is 133 cm³/mol. The fourth-order valence-corrected chi connectivity index (χ4v) is 9.60. The van der Waals surface area contributed by atoms with Crippen molar-refractivity contribution in [3.63, 3.8) is 0 Å². The van der Waals surface area contributed by atoms with Crippen LogP contribution in [0.5, 0.6) is 0 Å². The number of carbonyl (C=O) groups excluding carboxylic acids is 2. The normalized spacial score (nSPS) is 33.5. The summed E-state index contributed by atoms with van der Waals surface area (Å²) in [5, 5.41) is 20.0. The summed E-state index contributed by atoms with van der Waals surface area (Å²) in [5.74, 6) is -2.81. The van der Waals surface area contributed by atoms with E-state index in [0.29, 0.717) is 25.9 Å². The van der Waals surface area contributed by atoms with Crippen molar-refractivity contribution in [3.8, 4) is 0 Å². The SMILES string of the molecule is C=CCN(CCCCC)C(=O)C1N([C@@H](CO)CC(C)C)C(=O)[C@@H]2[C@H](C(=O)O)[C@H]3SC12CC3Br. The number of likely N-dealkylation sites (tertiary alicyclic amines) is 1. The molecule has 7 atom stereocenters. The van der Waals surface area contributed by atoms with E-state index in [1.54, 1.807) is 15.9 Å². The van der Waals surface area contributed by atoms with Gasteiger partial charge in [-0.25, -0.2) is 0 Å². The van der Waals surface area contributed by atoms with Crippen molar-refractivity contribution in [1.29, 1.82) is 0 Å². The lowest BCUT2D eigenvalue weighted by molar-refractivity contribution is -0.150. The highest BCUT2D eigenvalue weighted by Gasteiger charge is 2.76. The number of unbranched alkanes of at least 4 members (excludes halogenated alkanes) is 2. The van der Waals surface area contributed by atoms with Crippen LogP contribution in [0.2, 0.25) is 0 Å². The molecule has 2 N–H and O–H groups in total. The van der Waals surface area contributed by atoms with Gasteiger partial charge in [-0.3, -0.25) is 14.4 Å². The molecule has 9 heteroatoms. The van der Waals surface area contributed by atoms with Gasteiger partial charge < -0.3 is 20.0 Å². The molecule has 7 nitrogen and oxygen atoms in total. The van der Waals surface area contributed by atoms with Crippen molar-refractivity contribution in [3.05, 3.63) is 12.7 Å². The Labute approximate surface area is 209 Å². The maximum atomic E-state index is 14.1. The predicted octanol–water partition coefficient (Wildman–Crippen LogP) is 3.15. The van der Waals surface area contributed by atoms with E-state index in [1.165, 1.54) is 11.8 Å². The van der Waals surface area contributed by atoms with Crippen LogP contribution in [-0.4, -0.2) is 84.4 Å². The molecule has 1 spiro atoms. The zero-order valence-corrected chi connectivity index (χ0v) is 22.2. The average molecular weight is 546 g/mol. The molecule has 2 amide bonds. The lowest BCUT2D eigenvalue weighted by atomic mass is 9.71. The molecule has 3 rings (SSSR count). The van der Waals surface area contributed by atoms with E-state index in [4.69, 9.17) is 0 Å². The number of fused-ring (bicyclic) bond motifs is 1. The van der Waals surface area contributed by atoms with E-state index in [1.807, 2.05) is 13.8 Å². The maximum absolute atomic E-state index is 14.1. The zero-order chi connectivity index (χ0) is 24.5. The molecule has 0 aromatic heterocycles. The molecule has 3 saturated heterocycles. The number of rotatable bonds is 12. The Kier molecular flexibility index (Phi) is 8.60. The number of alkyl halides is 1. The Morgan fingerprint density at radius 3 is 2.64 bits per heavy atom. The maximum Gasteiger partial charge on any atom is 0.308 e. The summed E-state index contributed by atoms with van der Waals surface area (Å²) in [7, 11) is 0. The lowest BCUT2D eigenvalue weighted by Gasteiger charge is -2.40. The molecule has 33 heavy (non-hydrogen) atoms. The van der Waals surface area contributed by atoms with E-state index < -0.39 is 34.6 Å². The van der Waals surface area contributed by atoms with Gasteiger partial charge in [0.05, 0.1) is 29.2 Å². The molecule has 0 aromatic rings. The second-order valence-corrected chi connectivity index (χ2v) is 12.7. The van der Waals surface area contributed by atoms with Crippen LogP contribution in [0, 0.1) is 17.8 Å². The number of carbonyl (C=O) groups is 3. The van der Waals surface area contributed by atoms with Gasteiger partial charge >= 0.3 is 5.97 Å². The Balaban J connectivity index is 2.07. The summed E-state index contributed by atoms with van der Waals surface area (Å²) in [6.07, 6.45) is 5.69. The molecule has 0 aromatic carbocycles. The minimum atomic E-state index is -0.986. The number of carboxylic acid groups (broad SMARTS) is 1. The van der Waals surface area contributed by atoms with E-state index >= 15 is 0 Å². The first-order chi connectivity index (χ1) is 15.6. The molecule has 3 aliphatic rings. The van der Waals surface area contributed by atoms with E-state index in [2.05, 4.69) is 29.4 Å². The number of hydrogen-bond donors (Lipinski definition) is 2. The van der Waals surface area contributed by atoms with Gasteiger partial charge in [0.25, 0.3) is 0 Å². The number of nitrogens with zero attached hydrogens (tertiary/aromatic N) is 2. The topological polar surface area (TPSA) is 98.2 Å². The molecular weight excluding hydrogens is 508 g/mol. The molecule has 186 valence electrons. The van der Waals surface area contributed by atoms with Crippen LogP contribution in [0.3, 0.4) is 0 Å². The second-order valence-electron chi connectivity index (χ2n) is 9.99. The van der Waals surface area contributed by atoms with Crippen LogP contribution in [-0.2, 0) is 14.4 Å². The summed E-state index contributed by atoms with van der Waals surface area (Å²) in [4.78, 5) is 43.5. The lowest BCUT2D eigenvalue weighted by Crippen LogP contribution is -2.58. The minimum Gasteiger partial charge on any atom is -0.481 e. The molecule has 0 aliphatic carbocycles. The van der Waals surface area contributed by atoms with Gasteiger partial charge in [-0.1, -0.05) is 55.6 Å². The second kappa shape index (κ2) is 10.7. The average Bonchev–Trinajstić information content (AvgIpc) is 3.34. The summed E-state index contributed by atoms with van der Waals surface area (Å²) >= 11 is 5.16. The molecule has 3 heterocycles. The fourth-order valence-electron chi connectivity index (χ4n) is 6.02. The van der Waals surface area contributed by atoms with Crippen molar-refractivity contribution in [1.82, 2.24) is 9.80 Å². The van der Waals surface area contributed by atoms with Gasteiger partial charge in [0, 0.05) is 23.2 Å². The molecule has 0 saturated carbocycles. The van der Waals surface area contributed by atoms with Crippen LogP contribution >= 0.6 is 27.7 Å². The molecule has 0 radical (unpaired) electrons. The zero-order valence-electron chi connectivity index (χ0n) is 19.8. The molecule has 2 bridgehead atoms. The number of aliphatic carboxylic acids is 1. The van der Waals surface area contributed by atoms with Gasteiger partial charge in [0.1, 0.15) is 6.04 Å². The van der Waals surface area contributed by atoms with Gasteiger partial charge in [-0.2, -0.15) is 0 Å². The minimum absolute atomic E-state index is 0.0754. The first-order valence-corrected chi connectivity index (χ1v) is 13.8. The van der Waals surface area contributed by atoms with Crippen LogP contribution in [0.1, 0.15) is 52.9 Å². The van der Waals surface area contributed by atoms with Gasteiger partial charge in [-0.05, 0) is 25.2 Å². The smallest absolute Gasteiger partial charge is 0.308 e. The molecule has 3 unspecified atom stereocenters. The molecule has 3 fully saturated rings. The van der Waals surface area contributed by atoms with Gasteiger partial charge in [-0.15, -0.1) is 18.3 Å². The van der Waals surface area contributed by atoms with Gasteiger partial charge in [0.15, 0.2) is 0 Å². The van der Waals surface area contributed by atoms with Crippen molar-refractivity contribution in [2.45, 2.75) is 79.8 Å². The highest BCUT2D eigenvalue weighted by Crippen LogP contribution is 2.68. The first-order valence-electron chi connectivity index (χ1n) is 12.0. The fraction of sp³-hybridized carbons (Fsp3) is 0.792. The summed E-state index contributed by atoms with van der Waals surface area (Å²) in [6.45, 7) is 10.7. The van der Waals surface area contributed by atoms with Crippen LogP contribution in [0.25, 0.3) is 0 Å². The summed E-state index contributed by atoms with van der Waals surface area (Å²) in [5.41, 5.74) is 0. The Morgan fingerprint density at radius 2 is 2.09 bits per heavy atom. The number of carboxylic acids is 1. The van der Waals surface area contributed by atoms with Crippen LogP contribution in [0.4, 0.5) is 0 Å². The van der Waals surface area contributed by atoms with Gasteiger partial charge in [0.2, 0.25) is 11.8 Å². The van der Waals surface area contributed by atoms with Crippen molar-refractivity contribution >= 4 is 45.5 Å². The number of thioether (sulfide) groups is 1. The van der Waals surface area contributed by atoms with Crippen LogP contribution in [0.15, 0.2) is 12.7 Å². The number of aliphatic hydroxyl groups is 1.